The zero-order valence-electron chi connectivity index (χ0n) is 8.73. The Hall–Kier alpha value is -1.51. The number of para-hydroxylation sites is 2. The van der Waals surface area contributed by atoms with Gasteiger partial charge in [-0.3, -0.25) is 4.79 Å². The van der Waals surface area contributed by atoms with Gasteiger partial charge in [-0.15, -0.1) is 0 Å². The Morgan fingerprint density at radius 1 is 1.33 bits per heavy atom. The second kappa shape index (κ2) is 4.34. The molecule has 0 saturated heterocycles. The lowest BCUT2D eigenvalue weighted by Crippen LogP contribution is -2.13. The summed E-state index contributed by atoms with van der Waals surface area (Å²) < 4.78 is 10.5. The standard InChI is InChI=1S/C12H14O3/c1-14-11-4-2-3-5-12(11)15-8-10(13)9-6-7-9/h2-5,9H,6-8H2,1H3. The fourth-order valence-electron chi connectivity index (χ4n) is 1.41. The van der Waals surface area contributed by atoms with E-state index in [1.807, 2.05) is 18.2 Å². The lowest BCUT2D eigenvalue weighted by atomic mass is 10.3. The normalized spacial score (nSPS) is 14.7. The fraction of sp³-hybridized carbons (Fsp3) is 0.417. The van der Waals surface area contributed by atoms with Crippen molar-refractivity contribution in [3.63, 3.8) is 0 Å². The molecule has 0 amide bonds. The first-order chi connectivity index (χ1) is 7.31. The van der Waals surface area contributed by atoms with Crippen LogP contribution in [-0.2, 0) is 4.79 Å². The molecule has 0 spiro atoms. The molecule has 3 heteroatoms. The predicted octanol–water partition coefficient (Wildman–Crippen LogP) is 2.05. The van der Waals surface area contributed by atoms with E-state index >= 15 is 0 Å². The van der Waals surface area contributed by atoms with Gasteiger partial charge in [0, 0.05) is 5.92 Å². The van der Waals surface area contributed by atoms with E-state index in [0.717, 1.165) is 12.8 Å². The number of carbonyl (C=O) groups excluding carboxylic acids is 1. The van der Waals surface area contributed by atoms with Crippen molar-refractivity contribution in [2.24, 2.45) is 5.92 Å². The van der Waals surface area contributed by atoms with E-state index in [1.54, 1.807) is 13.2 Å². The molecule has 0 N–H and O–H groups in total. The molecule has 0 atom stereocenters. The van der Waals surface area contributed by atoms with Crippen LogP contribution in [0.3, 0.4) is 0 Å². The Morgan fingerprint density at radius 3 is 2.60 bits per heavy atom. The average Bonchev–Trinajstić information content (AvgIpc) is 3.10. The van der Waals surface area contributed by atoms with Crippen LogP contribution in [0.15, 0.2) is 24.3 Å². The van der Waals surface area contributed by atoms with E-state index in [0.29, 0.717) is 11.5 Å². The number of ether oxygens (including phenoxy) is 2. The van der Waals surface area contributed by atoms with Crippen LogP contribution in [0.2, 0.25) is 0 Å². The largest absolute Gasteiger partial charge is 0.493 e. The molecule has 0 unspecified atom stereocenters. The number of benzene rings is 1. The number of carbonyl (C=O) groups is 1. The summed E-state index contributed by atoms with van der Waals surface area (Å²) in [5.74, 6) is 1.75. The van der Waals surface area contributed by atoms with E-state index in [4.69, 9.17) is 9.47 Å². The van der Waals surface area contributed by atoms with E-state index in [9.17, 15) is 4.79 Å². The molecule has 1 saturated carbocycles. The van der Waals surface area contributed by atoms with Gasteiger partial charge in [0.05, 0.1) is 7.11 Å². The molecule has 3 nitrogen and oxygen atoms in total. The Morgan fingerprint density at radius 2 is 2.00 bits per heavy atom. The minimum Gasteiger partial charge on any atom is -0.493 e. The highest BCUT2D eigenvalue weighted by molar-refractivity contribution is 5.84. The van der Waals surface area contributed by atoms with Gasteiger partial charge >= 0.3 is 0 Å². The first kappa shape index (κ1) is 10.0. The van der Waals surface area contributed by atoms with Gasteiger partial charge in [-0.25, -0.2) is 0 Å². The van der Waals surface area contributed by atoms with Gasteiger partial charge in [0.25, 0.3) is 0 Å². The van der Waals surface area contributed by atoms with Crippen LogP contribution in [0, 0.1) is 5.92 Å². The fourth-order valence-corrected chi connectivity index (χ4v) is 1.41. The summed E-state index contributed by atoms with van der Waals surface area (Å²) in [4.78, 5) is 11.4. The van der Waals surface area contributed by atoms with Crippen LogP contribution in [-0.4, -0.2) is 19.5 Å². The Bertz CT molecular complexity index is 356. The summed E-state index contributed by atoms with van der Waals surface area (Å²) in [6.45, 7) is 0.158. The molecule has 1 aliphatic carbocycles. The maximum Gasteiger partial charge on any atom is 0.173 e. The first-order valence-corrected chi connectivity index (χ1v) is 5.10. The van der Waals surface area contributed by atoms with Gasteiger partial charge in [-0.1, -0.05) is 12.1 Å². The summed E-state index contributed by atoms with van der Waals surface area (Å²) in [6, 6.07) is 7.35. The van der Waals surface area contributed by atoms with E-state index in [1.165, 1.54) is 0 Å². The van der Waals surface area contributed by atoms with Crippen molar-refractivity contribution in [1.29, 1.82) is 0 Å². The first-order valence-electron chi connectivity index (χ1n) is 5.10. The molecule has 80 valence electrons. The van der Waals surface area contributed by atoms with Gasteiger partial charge in [0.1, 0.15) is 6.61 Å². The molecule has 0 aromatic heterocycles. The smallest absolute Gasteiger partial charge is 0.173 e. The molecule has 1 aromatic carbocycles. The highest BCUT2D eigenvalue weighted by atomic mass is 16.5. The van der Waals surface area contributed by atoms with Crippen molar-refractivity contribution in [2.75, 3.05) is 13.7 Å². The van der Waals surface area contributed by atoms with Gasteiger partial charge < -0.3 is 9.47 Å². The summed E-state index contributed by atoms with van der Waals surface area (Å²) in [5, 5.41) is 0. The summed E-state index contributed by atoms with van der Waals surface area (Å²) in [7, 11) is 1.59. The minimum absolute atomic E-state index is 0.158. The maximum absolute atomic E-state index is 11.4. The van der Waals surface area contributed by atoms with Gasteiger partial charge in [0.15, 0.2) is 17.3 Å². The highest BCUT2D eigenvalue weighted by Gasteiger charge is 2.29. The number of hydrogen-bond donors (Lipinski definition) is 0. The molecule has 1 aliphatic rings. The van der Waals surface area contributed by atoms with Crippen molar-refractivity contribution in [3.8, 4) is 11.5 Å². The Labute approximate surface area is 89.0 Å². The predicted molar refractivity (Wildman–Crippen MR) is 56.2 cm³/mol. The van der Waals surface area contributed by atoms with Crippen LogP contribution >= 0.6 is 0 Å². The molecular formula is C12H14O3. The summed E-state index contributed by atoms with van der Waals surface area (Å²) >= 11 is 0. The molecule has 1 fully saturated rings. The van der Waals surface area contributed by atoms with Crippen molar-refractivity contribution >= 4 is 5.78 Å². The SMILES string of the molecule is COc1ccccc1OCC(=O)C1CC1. The quantitative estimate of drug-likeness (QED) is 0.739. The van der Waals surface area contributed by atoms with Crippen LogP contribution < -0.4 is 9.47 Å². The van der Waals surface area contributed by atoms with Crippen LogP contribution in [0.4, 0.5) is 0 Å². The number of hydrogen-bond acceptors (Lipinski definition) is 3. The van der Waals surface area contributed by atoms with E-state index < -0.39 is 0 Å². The zero-order valence-corrected chi connectivity index (χ0v) is 8.73. The second-order valence-electron chi connectivity index (χ2n) is 3.68. The second-order valence-corrected chi connectivity index (χ2v) is 3.68. The van der Waals surface area contributed by atoms with Gasteiger partial charge in [-0.05, 0) is 25.0 Å². The lowest BCUT2D eigenvalue weighted by Gasteiger charge is -2.09. The third kappa shape index (κ3) is 2.49. The molecule has 1 aromatic rings. The van der Waals surface area contributed by atoms with Crippen molar-refractivity contribution in [1.82, 2.24) is 0 Å². The topological polar surface area (TPSA) is 35.5 Å². The molecule has 2 rings (SSSR count). The number of Topliss-reactive ketones (excluding diaryl/α,β-unsaturated/α-hetero) is 1. The van der Waals surface area contributed by atoms with Gasteiger partial charge in [-0.2, -0.15) is 0 Å². The van der Waals surface area contributed by atoms with Crippen LogP contribution in [0.5, 0.6) is 11.5 Å². The third-order valence-corrected chi connectivity index (χ3v) is 2.47. The Balaban J connectivity index is 1.94. The van der Waals surface area contributed by atoms with Crippen molar-refractivity contribution in [3.05, 3.63) is 24.3 Å². The van der Waals surface area contributed by atoms with Crippen molar-refractivity contribution < 1.29 is 14.3 Å². The van der Waals surface area contributed by atoms with E-state index in [2.05, 4.69) is 0 Å². The molecule has 0 aliphatic heterocycles. The number of ketones is 1. The average molecular weight is 206 g/mol. The number of rotatable bonds is 5. The van der Waals surface area contributed by atoms with Crippen LogP contribution in [0.25, 0.3) is 0 Å². The van der Waals surface area contributed by atoms with Crippen molar-refractivity contribution in [2.45, 2.75) is 12.8 Å². The molecule has 0 radical (unpaired) electrons. The van der Waals surface area contributed by atoms with Crippen LogP contribution in [0.1, 0.15) is 12.8 Å². The molecule has 15 heavy (non-hydrogen) atoms. The summed E-state index contributed by atoms with van der Waals surface area (Å²) in [5.41, 5.74) is 0. The Kier molecular flexibility index (Phi) is 2.90. The van der Waals surface area contributed by atoms with Gasteiger partial charge in [0.2, 0.25) is 0 Å². The lowest BCUT2D eigenvalue weighted by molar-refractivity contribution is -0.122. The zero-order chi connectivity index (χ0) is 10.7. The third-order valence-electron chi connectivity index (χ3n) is 2.47. The highest BCUT2D eigenvalue weighted by Crippen LogP contribution is 2.31. The maximum atomic E-state index is 11.4. The molecular weight excluding hydrogens is 192 g/mol. The molecule has 0 heterocycles. The molecule has 0 bridgehead atoms. The minimum atomic E-state index is 0.158. The number of methoxy groups -OCH3 is 1. The monoisotopic (exact) mass is 206 g/mol. The van der Waals surface area contributed by atoms with E-state index in [-0.39, 0.29) is 18.3 Å². The summed E-state index contributed by atoms with van der Waals surface area (Å²) in [6.07, 6.45) is 2.04.